The summed E-state index contributed by atoms with van der Waals surface area (Å²) < 4.78 is 5.50. The average Bonchev–Trinajstić information content (AvgIpc) is 2.85. The molecule has 0 saturated carbocycles. The maximum absolute atomic E-state index is 5.50. The van der Waals surface area contributed by atoms with E-state index >= 15 is 0 Å². The average molecular weight is 240 g/mol. The van der Waals surface area contributed by atoms with E-state index in [-0.39, 0.29) is 0 Å². The van der Waals surface area contributed by atoms with Gasteiger partial charge in [0.05, 0.1) is 18.5 Å². The van der Waals surface area contributed by atoms with Gasteiger partial charge in [-0.1, -0.05) is 12.1 Å². The van der Waals surface area contributed by atoms with Gasteiger partial charge >= 0.3 is 0 Å². The van der Waals surface area contributed by atoms with Crippen molar-refractivity contribution in [3.8, 4) is 5.75 Å². The van der Waals surface area contributed by atoms with Crippen LogP contribution < -0.4 is 10.1 Å². The molecule has 0 bridgehead atoms. The van der Waals surface area contributed by atoms with Crippen LogP contribution >= 0.6 is 0 Å². The second kappa shape index (κ2) is 4.69. The molecule has 3 heteroatoms. The van der Waals surface area contributed by atoms with Gasteiger partial charge in [0.15, 0.2) is 0 Å². The number of hydrogen-bond donors (Lipinski definition) is 1. The predicted molar refractivity (Wildman–Crippen MR) is 71.9 cm³/mol. The van der Waals surface area contributed by atoms with Crippen molar-refractivity contribution in [2.45, 2.75) is 19.9 Å². The quantitative estimate of drug-likeness (QED) is 0.895. The highest BCUT2D eigenvalue weighted by Gasteiger charge is 2.11. The van der Waals surface area contributed by atoms with Crippen molar-refractivity contribution in [2.75, 3.05) is 11.9 Å². The van der Waals surface area contributed by atoms with Gasteiger partial charge in [-0.25, -0.2) is 0 Å². The Labute approximate surface area is 107 Å². The molecule has 0 unspecified atom stereocenters. The molecule has 1 aromatic carbocycles. The van der Waals surface area contributed by atoms with Crippen molar-refractivity contribution in [3.05, 3.63) is 53.3 Å². The zero-order valence-electron chi connectivity index (χ0n) is 10.4. The van der Waals surface area contributed by atoms with Crippen LogP contribution in [0.2, 0.25) is 0 Å². The zero-order chi connectivity index (χ0) is 12.4. The molecule has 3 nitrogen and oxygen atoms in total. The molecular formula is C15H16N2O. The lowest BCUT2D eigenvalue weighted by atomic mass is 10.1. The lowest BCUT2D eigenvalue weighted by Gasteiger charge is -2.09. The Morgan fingerprint density at radius 2 is 2.28 bits per heavy atom. The molecule has 18 heavy (non-hydrogen) atoms. The van der Waals surface area contributed by atoms with E-state index in [2.05, 4.69) is 35.4 Å². The van der Waals surface area contributed by atoms with Crippen molar-refractivity contribution in [2.24, 2.45) is 0 Å². The molecule has 0 fully saturated rings. The van der Waals surface area contributed by atoms with Gasteiger partial charge in [0.25, 0.3) is 0 Å². The number of ether oxygens (including phenoxy) is 1. The highest BCUT2D eigenvalue weighted by Crippen LogP contribution is 2.26. The van der Waals surface area contributed by atoms with Crippen LogP contribution in [-0.4, -0.2) is 11.6 Å². The number of nitrogens with zero attached hydrogens (tertiary/aromatic N) is 1. The van der Waals surface area contributed by atoms with Gasteiger partial charge in [-0.3, -0.25) is 4.98 Å². The number of rotatable bonds is 3. The summed E-state index contributed by atoms with van der Waals surface area (Å²) in [5.41, 5.74) is 4.91. The Balaban J connectivity index is 1.72. The number of hydrogen-bond acceptors (Lipinski definition) is 3. The summed E-state index contributed by atoms with van der Waals surface area (Å²) >= 11 is 0. The number of benzene rings is 1. The topological polar surface area (TPSA) is 34.2 Å². The normalized spacial score (nSPS) is 12.9. The molecule has 92 valence electrons. The molecule has 1 aliphatic rings. The maximum Gasteiger partial charge on any atom is 0.122 e. The Morgan fingerprint density at radius 1 is 1.33 bits per heavy atom. The summed E-state index contributed by atoms with van der Waals surface area (Å²) in [6.07, 6.45) is 4.70. The first-order valence-electron chi connectivity index (χ1n) is 6.22. The van der Waals surface area contributed by atoms with E-state index in [4.69, 9.17) is 4.74 Å². The van der Waals surface area contributed by atoms with Crippen molar-refractivity contribution in [1.82, 2.24) is 4.98 Å². The smallest absolute Gasteiger partial charge is 0.122 e. The van der Waals surface area contributed by atoms with Crippen molar-refractivity contribution in [3.63, 3.8) is 0 Å². The standard InChI is InChI=1S/C15H16N2O/c1-11-4-6-16-10-14(11)17-9-12-2-3-15-13(8-12)5-7-18-15/h2-4,6,8,10,17H,5,7,9H2,1H3. The number of pyridine rings is 1. The molecule has 3 rings (SSSR count). The molecule has 2 aromatic rings. The molecular weight excluding hydrogens is 224 g/mol. The lowest BCUT2D eigenvalue weighted by molar-refractivity contribution is 0.357. The first-order valence-corrected chi connectivity index (χ1v) is 6.22. The van der Waals surface area contributed by atoms with Crippen molar-refractivity contribution < 1.29 is 4.74 Å². The number of anilines is 1. The molecule has 0 aliphatic carbocycles. The van der Waals surface area contributed by atoms with Crippen LogP contribution in [0.15, 0.2) is 36.7 Å². The van der Waals surface area contributed by atoms with Gasteiger partial charge in [0.2, 0.25) is 0 Å². The molecule has 0 amide bonds. The molecule has 0 radical (unpaired) electrons. The molecule has 0 atom stereocenters. The van der Waals surface area contributed by atoms with Crippen LogP contribution in [0, 0.1) is 6.92 Å². The van der Waals surface area contributed by atoms with Crippen LogP contribution in [-0.2, 0) is 13.0 Å². The fourth-order valence-corrected chi connectivity index (χ4v) is 2.20. The largest absolute Gasteiger partial charge is 0.493 e. The van der Waals surface area contributed by atoms with E-state index in [9.17, 15) is 0 Å². The van der Waals surface area contributed by atoms with E-state index < -0.39 is 0 Å². The number of aromatic nitrogens is 1. The predicted octanol–water partition coefficient (Wildman–Crippen LogP) is 2.94. The van der Waals surface area contributed by atoms with E-state index in [1.807, 2.05) is 18.5 Å². The summed E-state index contributed by atoms with van der Waals surface area (Å²) in [5, 5.41) is 3.42. The first-order chi connectivity index (χ1) is 8.83. The van der Waals surface area contributed by atoms with Gasteiger partial charge in [-0.05, 0) is 35.7 Å². The monoisotopic (exact) mass is 240 g/mol. The van der Waals surface area contributed by atoms with E-state index in [0.29, 0.717) is 0 Å². The third kappa shape index (κ3) is 2.16. The maximum atomic E-state index is 5.50. The van der Waals surface area contributed by atoms with Gasteiger partial charge in [0, 0.05) is 19.2 Å². The minimum absolute atomic E-state index is 0.813. The van der Waals surface area contributed by atoms with Gasteiger partial charge in [0.1, 0.15) is 5.75 Å². The van der Waals surface area contributed by atoms with Crippen LogP contribution in [0.3, 0.4) is 0 Å². The SMILES string of the molecule is Cc1ccncc1NCc1ccc2c(c1)CCO2. The van der Waals surface area contributed by atoms with Crippen LogP contribution in [0.4, 0.5) is 5.69 Å². The Bertz CT molecular complexity index is 566. The Hall–Kier alpha value is -2.03. The molecule has 2 heterocycles. The highest BCUT2D eigenvalue weighted by atomic mass is 16.5. The highest BCUT2D eigenvalue weighted by molar-refractivity contribution is 5.49. The summed E-state index contributed by atoms with van der Waals surface area (Å²) in [6, 6.07) is 8.41. The summed E-state index contributed by atoms with van der Waals surface area (Å²) in [7, 11) is 0. The molecule has 1 N–H and O–H groups in total. The summed E-state index contributed by atoms with van der Waals surface area (Å²) in [4.78, 5) is 4.13. The van der Waals surface area contributed by atoms with Gasteiger partial charge in [-0.2, -0.15) is 0 Å². The molecule has 0 spiro atoms. The second-order valence-corrected chi connectivity index (χ2v) is 4.58. The molecule has 0 saturated heterocycles. The minimum atomic E-state index is 0.813. The first kappa shape index (κ1) is 11.1. The second-order valence-electron chi connectivity index (χ2n) is 4.58. The number of nitrogens with one attached hydrogen (secondary N) is 1. The van der Waals surface area contributed by atoms with Crippen LogP contribution in [0.1, 0.15) is 16.7 Å². The fourth-order valence-electron chi connectivity index (χ4n) is 2.20. The number of aryl methyl sites for hydroxylation is 1. The zero-order valence-corrected chi connectivity index (χ0v) is 10.4. The van der Waals surface area contributed by atoms with Crippen molar-refractivity contribution in [1.29, 1.82) is 0 Å². The van der Waals surface area contributed by atoms with E-state index in [0.717, 1.165) is 31.0 Å². The molecule has 1 aliphatic heterocycles. The van der Waals surface area contributed by atoms with Crippen molar-refractivity contribution >= 4 is 5.69 Å². The van der Waals surface area contributed by atoms with Crippen LogP contribution in [0.25, 0.3) is 0 Å². The van der Waals surface area contributed by atoms with Gasteiger partial charge in [-0.15, -0.1) is 0 Å². The third-order valence-corrected chi connectivity index (χ3v) is 3.28. The Morgan fingerprint density at radius 3 is 3.17 bits per heavy atom. The van der Waals surface area contributed by atoms with Gasteiger partial charge < -0.3 is 10.1 Å². The molecule has 1 aromatic heterocycles. The lowest BCUT2D eigenvalue weighted by Crippen LogP contribution is -2.01. The Kier molecular flexibility index (Phi) is 2.89. The summed E-state index contributed by atoms with van der Waals surface area (Å²) in [6.45, 7) is 3.72. The van der Waals surface area contributed by atoms with E-state index in [1.165, 1.54) is 16.7 Å². The minimum Gasteiger partial charge on any atom is -0.493 e. The fraction of sp³-hybridized carbons (Fsp3) is 0.267. The third-order valence-electron chi connectivity index (χ3n) is 3.28. The summed E-state index contributed by atoms with van der Waals surface area (Å²) in [5.74, 6) is 1.04. The van der Waals surface area contributed by atoms with E-state index in [1.54, 1.807) is 0 Å². The number of fused-ring (bicyclic) bond motifs is 1. The van der Waals surface area contributed by atoms with Crippen LogP contribution in [0.5, 0.6) is 5.75 Å².